The smallest absolute Gasteiger partial charge is 0.157 e. The van der Waals surface area contributed by atoms with Crippen molar-refractivity contribution >= 4 is 22.8 Å². The van der Waals surface area contributed by atoms with E-state index in [0.717, 1.165) is 54.2 Å². The highest BCUT2D eigenvalue weighted by Crippen LogP contribution is 2.29. The summed E-state index contributed by atoms with van der Waals surface area (Å²) in [6, 6.07) is 0. The molecule has 3 aromatic rings. The molecule has 0 spiro atoms. The molecule has 1 fully saturated rings. The number of anilines is 1. The first-order chi connectivity index (χ1) is 15.6. The van der Waals surface area contributed by atoms with Gasteiger partial charge in [0.2, 0.25) is 0 Å². The summed E-state index contributed by atoms with van der Waals surface area (Å²) in [5.74, 6) is 0.289. The van der Waals surface area contributed by atoms with Crippen LogP contribution in [0.3, 0.4) is 0 Å². The largest absolute Gasteiger partial charge is 0.404 e. The summed E-state index contributed by atoms with van der Waals surface area (Å²) < 4.78 is 13.8. The monoisotopic (exact) mass is 434 g/mol. The molecule has 1 saturated heterocycles. The van der Waals surface area contributed by atoms with Gasteiger partial charge in [-0.15, -0.1) is 0 Å². The van der Waals surface area contributed by atoms with Gasteiger partial charge >= 0.3 is 0 Å². The van der Waals surface area contributed by atoms with Crippen LogP contribution in [0, 0.1) is 0 Å². The third-order valence-electron chi connectivity index (χ3n) is 5.40. The second kappa shape index (κ2) is 9.61. The van der Waals surface area contributed by atoms with Gasteiger partial charge in [0.1, 0.15) is 17.0 Å². The normalized spacial score (nSPS) is 16.8. The number of hydrogen-bond donors (Lipinski definition) is 3. The molecule has 0 amide bonds. The van der Waals surface area contributed by atoms with E-state index in [2.05, 4.69) is 37.0 Å². The number of aromatic amines is 2. The maximum Gasteiger partial charge on any atom is 0.157 e. The number of nitrogens with one attached hydrogen (secondary N) is 2. The van der Waals surface area contributed by atoms with Crippen molar-refractivity contribution in [2.24, 2.45) is 5.73 Å². The number of pyridine rings is 1. The van der Waals surface area contributed by atoms with Crippen molar-refractivity contribution < 1.29 is 4.39 Å². The fraction of sp³-hybridized carbons (Fsp3) is 0.261. The number of H-pyrrole nitrogens is 2. The molecule has 32 heavy (non-hydrogen) atoms. The molecule has 0 radical (unpaired) electrons. The Bertz CT molecular complexity index is 1190. The van der Waals surface area contributed by atoms with Gasteiger partial charge in [-0.1, -0.05) is 18.2 Å². The molecule has 1 aliphatic rings. The van der Waals surface area contributed by atoms with Gasteiger partial charge in [-0.05, 0) is 31.7 Å². The van der Waals surface area contributed by atoms with Crippen LogP contribution >= 0.6 is 0 Å². The number of hydrogen-bond acceptors (Lipinski definition) is 6. The summed E-state index contributed by atoms with van der Waals surface area (Å²) in [6.45, 7) is 5.63. The minimum atomic E-state index is -0.373. The molecule has 0 atom stereocenters. The Labute approximate surface area is 186 Å². The lowest BCUT2D eigenvalue weighted by molar-refractivity contribution is 0.313. The Kier molecular flexibility index (Phi) is 6.46. The van der Waals surface area contributed by atoms with E-state index >= 15 is 0 Å². The number of nitrogens with zero attached hydrogens (tertiary/aromatic N) is 5. The summed E-state index contributed by atoms with van der Waals surface area (Å²) in [4.78, 5) is 17.2. The zero-order valence-corrected chi connectivity index (χ0v) is 18.2. The quantitative estimate of drug-likeness (QED) is 0.514. The highest BCUT2D eigenvalue weighted by molar-refractivity contribution is 5.90. The highest BCUT2D eigenvalue weighted by Gasteiger charge is 2.19. The minimum Gasteiger partial charge on any atom is -0.404 e. The highest BCUT2D eigenvalue weighted by atomic mass is 19.1. The van der Waals surface area contributed by atoms with E-state index in [1.807, 2.05) is 12.3 Å². The van der Waals surface area contributed by atoms with Crippen LogP contribution in [0.15, 0.2) is 60.5 Å². The molecule has 0 saturated carbocycles. The van der Waals surface area contributed by atoms with Crippen LogP contribution in [0.5, 0.6) is 0 Å². The number of halogens is 1. The molecule has 9 heteroatoms. The molecule has 4 N–H and O–H groups in total. The molecular formula is C23H27FN8. The number of nitrogens with two attached hydrogens (primary N) is 1. The molecule has 4 rings (SSSR count). The Morgan fingerprint density at radius 3 is 2.72 bits per heavy atom. The number of imidazole rings is 1. The maximum absolute atomic E-state index is 13.8. The van der Waals surface area contributed by atoms with Crippen molar-refractivity contribution in [2.75, 3.05) is 38.1 Å². The molecule has 166 valence electrons. The van der Waals surface area contributed by atoms with Crippen molar-refractivity contribution in [1.82, 2.24) is 30.0 Å². The molecule has 0 unspecified atom stereocenters. The molecular weight excluding hydrogens is 407 g/mol. The summed E-state index contributed by atoms with van der Waals surface area (Å²) in [5, 5.41) is 7.17. The first kappa shape index (κ1) is 21.5. The number of likely N-dealkylation sites (N-methyl/N-ethyl adjacent to an activating group) is 1. The molecule has 8 nitrogen and oxygen atoms in total. The van der Waals surface area contributed by atoms with Crippen LogP contribution in [0.4, 0.5) is 10.1 Å². The number of aromatic nitrogens is 5. The van der Waals surface area contributed by atoms with Crippen LogP contribution in [0.2, 0.25) is 0 Å². The Hall–Kier alpha value is -3.72. The lowest BCUT2D eigenvalue weighted by Gasteiger charge is -2.33. The molecule has 4 heterocycles. The summed E-state index contributed by atoms with van der Waals surface area (Å²) in [5.41, 5.74) is 10.5. The van der Waals surface area contributed by atoms with E-state index in [-0.39, 0.29) is 5.83 Å². The number of fused-ring (bicyclic) bond motifs is 1. The first-order valence-electron chi connectivity index (χ1n) is 10.5. The SMILES string of the molecule is C/C=C/C(F)=C\C(=C/N)\C=C\c1cn[nH]c1-c1nc2c(N3CCN(C)CC3)cncc2[nH]1. The predicted octanol–water partition coefficient (Wildman–Crippen LogP) is 3.39. The van der Waals surface area contributed by atoms with Crippen molar-refractivity contribution in [2.45, 2.75) is 6.92 Å². The average molecular weight is 435 g/mol. The van der Waals surface area contributed by atoms with E-state index in [9.17, 15) is 4.39 Å². The third kappa shape index (κ3) is 4.62. The second-order valence-corrected chi connectivity index (χ2v) is 7.66. The molecule has 0 bridgehead atoms. The maximum atomic E-state index is 13.8. The fourth-order valence-electron chi connectivity index (χ4n) is 3.63. The average Bonchev–Trinajstić information content (AvgIpc) is 3.43. The van der Waals surface area contributed by atoms with Crippen LogP contribution in [0.1, 0.15) is 12.5 Å². The van der Waals surface area contributed by atoms with Gasteiger partial charge < -0.3 is 20.5 Å². The van der Waals surface area contributed by atoms with Gasteiger partial charge in [0.05, 0.1) is 29.8 Å². The van der Waals surface area contributed by atoms with Crippen LogP contribution in [-0.4, -0.2) is 63.3 Å². The van der Waals surface area contributed by atoms with E-state index in [1.54, 1.807) is 31.5 Å². The molecule has 3 aromatic heterocycles. The standard InChI is InChI=1S/C23H27FN8/c1-3-4-18(24)11-16(12-25)5-6-17-13-27-30-21(17)23-28-19-14-26-15-20(22(19)29-23)32-9-7-31(2)8-10-32/h3-6,11-15H,7-10,25H2,1-2H3,(H,27,30)(H,28,29)/b4-3+,6-5+,16-12-,18-11+. The topological polar surface area (TPSA) is 103 Å². The molecule has 0 aromatic carbocycles. The van der Waals surface area contributed by atoms with Crippen LogP contribution in [0.25, 0.3) is 28.6 Å². The summed E-state index contributed by atoms with van der Waals surface area (Å²) >= 11 is 0. The van der Waals surface area contributed by atoms with Crippen molar-refractivity contribution in [3.8, 4) is 11.5 Å². The number of piperazine rings is 1. The van der Waals surface area contributed by atoms with Gasteiger partial charge in [-0.25, -0.2) is 9.37 Å². The third-order valence-corrected chi connectivity index (χ3v) is 5.40. The van der Waals surface area contributed by atoms with Gasteiger partial charge in [0.15, 0.2) is 5.82 Å². The fourth-order valence-corrected chi connectivity index (χ4v) is 3.63. The Balaban J connectivity index is 1.63. The first-order valence-corrected chi connectivity index (χ1v) is 10.5. The van der Waals surface area contributed by atoms with Crippen LogP contribution in [-0.2, 0) is 0 Å². The van der Waals surface area contributed by atoms with E-state index < -0.39 is 0 Å². The van der Waals surface area contributed by atoms with E-state index in [1.165, 1.54) is 18.4 Å². The summed E-state index contributed by atoms with van der Waals surface area (Å²) in [6.07, 6.45) is 14.6. The zero-order chi connectivity index (χ0) is 22.5. The lowest BCUT2D eigenvalue weighted by Crippen LogP contribution is -2.44. The zero-order valence-electron chi connectivity index (χ0n) is 18.2. The van der Waals surface area contributed by atoms with Crippen molar-refractivity contribution in [3.63, 3.8) is 0 Å². The second-order valence-electron chi connectivity index (χ2n) is 7.66. The lowest BCUT2D eigenvalue weighted by atomic mass is 10.1. The Morgan fingerprint density at radius 2 is 1.97 bits per heavy atom. The van der Waals surface area contributed by atoms with Gasteiger partial charge in [0, 0.05) is 37.9 Å². The van der Waals surface area contributed by atoms with Gasteiger partial charge in [-0.2, -0.15) is 5.10 Å². The molecule has 1 aliphatic heterocycles. The Morgan fingerprint density at radius 1 is 1.16 bits per heavy atom. The predicted molar refractivity (Wildman–Crippen MR) is 126 cm³/mol. The van der Waals surface area contributed by atoms with Crippen LogP contribution < -0.4 is 10.6 Å². The van der Waals surface area contributed by atoms with E-state index in [0.29, 0.717) is 11.4 Å². The van der Waals surface area contributed by atoms with Gasteiger partial charge in [-0.3, -0.25) is 10.1 Å². The number of rotatable bonds is 6. The van der Waals surface area contributed by atoms with Crippen molar-refractivity contribution in [1.29, 1.82) is 0 Å². The minimum absolute atomic E-state index is 0.373. The summed E-state index contributed by atoms with van der Waals surface area (Å²) in [7, 11) is 2.13. The van der Waals surface area contributed by atoms with Crippen molar-refractivity contribution in [3.05, 3.63) is 66.1 Å². The number of allylic oxidation sites excluding steroid dienone is 6. The molecule has 0 aliphatic carbocycles. The van der Waals surface area contributed by atoms with E-state index in [4.69, 9.17) is 10.7 Å². The van der Waals surface area contributed by atoms with Gasteiger partial charge in [0.25, 0.3) is 0 Å².